The zero-order valence-electron chi connectivity index (χ0n) is 17.9. The van der Waals surface area contributed by atoms with Gasteiger partial charge >= 0.3 is 6.18 Å². The van der Waals surface area contributed by atoms with Crippen LogP contribution in [0, 0.1) is 5.82 Å². The fourth-order valence-corrected chi connectivity index (χ4v) is 3.55. The molecule has 0 unspecified atom stereocenters. The molecular weight excluding hydrogens is 424 g/mol. The Balaban J connectivity index is 1.74. The molecule has 0 spiro atoms. The second kappa shape index (κ2) is 10.0. The van der Waals surface area contributed by atoms with Gasteiger partial charge in [-0.05, 0) is 62.5 Å². The molecule has 172 valence electrons. The second-order valence-corrected chi connectivity index (χ2v) is 7.41. The maximum Gasteiger partial charge on any atom is 0.418 e. The molecule has 0 fully saturated rings. The number of amides is 1. The summed E-state index contributed by atoms with van der Waals surface area (Å²) in [6.45, 7) is 7.12. The molecule has 2 aromatic rings. The minimum Gasteiger partial charge on any atom is -0.385 e. The average Bonchev–Trinajstić information content (AvgIpc) is 3.06. The fourth-order valence-electron chi connectivity index (χ4n) is 3.55. The molecule has 0 aromatic heterocycles. The zero-order chi connectivity index (χ0) is 23.3. The first-order valence-electron chi connectivity index (χ1n) is 10.5. The van der Waals surface area contributed by atoms with Gasteiger partial charge in [-0.15, -0.1) is 0 Å². The minimum absolute atomic E-state index is 0.00896. The van der Waals surface area contributed by atoms with Gasteiger partial charge in [0, 0.05) is 29.7 Å². The van der Waals surface area contributed by atoms with E-state index in [0.29, 0.717) is 17.8 Å². The van der Waals surface area contributed by atoms with E-state index in [1.807, 2.05) is 13.8 Å². The van der Waals surface area contributed by atoms with Crippen LogP contribution < -0.4 is 16.0 Å². The van der Waals surface area contributed by atoms with Crippen LogP contribution in [0.3, 0.4) is 0 Å². The van der Waals surface area contributed by atoms with Gasteiger partial charge in [-0.3, -0.25) is 4.79 Å². The molecule has 9 heteroatoms. The molecule has 1 heterocycles. The van der Waals surface area contributed by atoms with Crippen molar-refractivity contribution in [1.29, 1.82) is 0 Å². The van der Waals surface area contributed by atoms with E-state index in [1.165, 1.54) is 36.5 Å². The van der Waals surface area contributed by atoms with Crippen LogP contribution in [0.25, 0.3) is 5.57 Å². The lowest BCUT2D eigenvalue weighted by Crippen LogP contribution is -2.25. The Kier molecular flexibility index (Phi) is 7.40. The van der Waals surface area contributed by atoms with Crippen LogP contribution in [0.4, 0.5) is 34.6 Å². The van der Waals surface area contributed by atoms with Crippen molar-refractivity contribution in [2.45, 2.75) is 26.4 Å². The number of carbonyl (C=O) groups excluding carboxylic acids is 1. The van der Waals surface area contributed by atoms with E-state index in [0.717, 1.165) is 32.1 Å². The number of halogens is 4. The van der Waals surface area contributed by atoms with E-state index < -0.39 is 23.5 Å². The number of anilines is 3. The quantitative estimate of drug-likeness (QED) is 0.272. The highest BCUT2D eigenvalue weighted by atomic mass is 19.4. The van der Waals surface area contributed by atoms with E-state index in [2.05, 4.69) is 20.9 Å². The van der Waals surface area contributed by atoms with Gasteiger partial charge in [0.05, 0.1) is 16.8 Å². The summed E-state index contributed by atoms with van der Waals surface area (Å²) < 4.78 is 54.2. The summed E-state index contributed by atoms with van der Waals surface area (Å²) in [7, 11) is 0. The summed E-state index contributed by atoms with van der Waals surface area (Å²) in [5.41, 5.74) is 0.417. The molecule has 1 aliphatic heterocycles. The molecule has 2 aromatic carbocycles. The third-order valence-electron chi connectivity index (χ3n) is 5.33. The molecule has 1 amide bonds. The Morgan fingerprint density at radius 2 is 1.84 bits per heavy atom. The molecular formula is C23H26F4N4O. The topological polar surface area (TPSA) is 56.4 Å². The summed E-state index contributed by atoms with van der Waals surface area (Å²) in [6, 6.07) is 7.74. The first-order valence-corrected chi connectivity index (χ1v) is 10.5. The standard InChI is InChI=1S/C23H26F4N4O/c1-3-31(4-2)11-5-10-28-20-9-7-16(13-19(20)23(25,26)27)29-14-18-17-8-6-15(24)12-21(17)30-22(18)32/h6-9,12-14,28-29H,3-5,10-11H2,1-2H3,(H,30,32)/b18-14-. The summed E-state index contributed by atoms with van der Waals surface area (Å²) in [5, 5.41) is 8.18. The van der Waals surface area contributed by atoms with Gasteiger partial charge in [-0.1, -0.05) is 13.8 Å². The van der Waals surface area contributed by atoms with Gasteiger partial charge in [0.1, 0.15) is 5.82 Å². The molecule has 3 rings (SSSR count). The van der Waals surface area contributed by atoms with Gasteiger partial charge in [0.2, 0.25) is 0 Å². The highest BCUT2D eigenvalue weighted by molar-refractivity contribution is 6.31. The Bertz CT molecular complexity index is 1000. The van der Waals surface area contributed by atoms with Crippen LogP contribution >= 0.6 is 0 Å². The molecule has 3 N–H and O–H groups in total. The number of alkyl halides is 3. The molecule has 0 aliphatic carbocycles. The van der Waals surface area contributed by atoms with Crippen LogP contribution in [0.2, 0.25) is 0 Å². The second-order valence-electron chi connectivity index (χ2n) is 7.41. The predicted molar refractivity (Wildman–Crippen MR) is 119 cm³/mol. The van der Waals surface area contributed by atoms with Crippen molar-refractivity contribution in [1.82, 2.24) is 4.90 Å². The van der Waals surface area contributed by atoms with Gasteiger partial charge in [0.15, 0.2) is 0 Å². The smallest absolute Gasteiger partial charge is 0.385 e. The first kappa shape index (κ1) is 23.6. The van der Waals surface area contributed by atoms with E-state index in [-0.39, 0.29) is 16.9 Å². The molecule has 32 heavy (non-hydrogen) atoms. The van der Waals surface area contributed by atoms with Crippen molar-refractivity contribution in [3.63, 3.8) is 0 Å². The largest absolute Gasteiger partial charge is 0.418 e. The van der Waals surface area contributed by atoms with E-state index in [4.69, 9.17) is 0 Å². The molecule has 0 saturated carbocycles. The molecule has 1 aliphatic rings. The van der Waals surface area contributed by atoms with Crippen molar-refractivity contribution in [3.05, 3.63) is 59.5 Å². The predicted octanol–water partition coefficient (Wildman–Crippen LogP) is 5.39. The third-order valence-corrected chi connectivity index (χ3v) is 5.33. The number of fused-ring (bicyclic) bond motifs is 1. The maximum atomic E-state index is 13.6. The normalized spacial score (nSPS) is 14.6. The van der Waals surface area contributed by atoms with Crippen LogP contribution in [0.1, 0.15) is 31.4 Å². The number of nitrogens with one attached hydrogen (secondary N) is 3. The highest BCUT2D eigenvalue weighted by Gasteiger charge is 2.34. The summed E-state index contributed by atoms with van der Waals surface area (Å²) >= 11 is 0. The monoisotopic (exact) mass is 450 g/mol. The van der Waals surface area contributed by atoms with Crippen molar-refractivity contribution in [2.24, 2.45) is 0 Å². The molecule has 0 radical (unpaired) electrons. The van der Waals surface area contributed by atoms with Crippen LogP contribution in [-0.2, 0) is 11.0 Å². The summed E-state index contributed by atoms with van der Waals surface area (Å²) in [6.07, 6.45) is -2.49. The van der Waals surface area contributed by atoms with Gasteiger partial charge in [-0.2, -0.15) is 13.2 Å². The number of benzene rings is 2. The van der Waals surface area contributed by atoms with Crippen molar-refractivity contribution in [3.8, 4) is 0 Å². The summed E-state index contributed by atoms with van der Waals surface area (Å²) in [4.78, 5) is 14.4. The van der Waals surface area contributed by atoms with Crippen LogP contribution in [0.15, 0.2) is 42.6 Å². The number of rotatable bonds is 9. The van der Waals surface area contributed by atoms with Crippen LogP contribution in [0.5, 0.6) is 0 Å². The molecule has 0 bridgehead atoms. The van der Waals surface area contributed by atoms with Crippen molar-refractivity contribution < 1.29 is 22.4 Å². The number of hydrogen-bond acceptors (Lipinski definition) is 4. The SMILES string of the molecule is CCN(CC)CCCNc1ccc(N/C=C2\C(=O)Nc3cc(F)ccc32)cc1C(F)(F)F. The van der Waals surface area contributed by atoms with Gasteiger partial charge < -0.3 is 20.9 Å². The Labute approximate surface area is 184 Å². The van der Waals surface area contributed by atoms with E-state index in [1.54, 1.807) is 0 Å². The fraction of sp³-hybridized carbons (Fsp3) is 0.348. The van der Waals surface area contributed by atoms with Crippen LogP contribution in [-0.4, -0.2) is 37.0 Å². The minimum atomic E-state index is -4.54. The van der Waals surface area contributed by atoms with Gasteiger partial charge in [-0.25, -0.2) is 4.39 Å². The lowest BCUT2D eigenvalue weighted by molar-refractivity contribution is -0.136. The molecule has 0 saturated heterocycles. The Morgan fingerprint density at radius 3 is 2.53 bits per heavy atom. The third kappa shape index (κ3) is 5.59. The van der Waals surface area contributed by atoms with Crippen molar-refractivity contribution >= 4 is 28.5 Å². The number of carbonyl (C=O) groups is 1. The average molecular weight is 450 g/mol. The maximum absolute atomic E-state index is 13.6. The van der Waals surface area contributed by atoms with Gasteiger partial charge in [0.25, 0.3) is 5.91 Å². The molecule has 0 atom stereocenters. The Hall–Kier alpha value is -3.07. The number of hydrogen-bond donors (Lipinski definition) is 3. The lowest BCUT2D eigenvalue weighted by Gasteiger charge is -2.19. The lowest BCUT2D eigenvalue weighted by atomic mass is 10.1. The number of nitrogens with zero attached hydrogens (tertiary/aromatic N) is 1. The highest BCUT2D eigenvalue weighted by Crippen LogP contribution is 2.37. The zero-order valence-corrected chi connectivity index (χ0v) is 17.9. The van der Waals surface area contributed by atoms with E-state index in [9.17, 15) is 22.4 Å². The first-order chi connectivity index (χ1) is 15.2. The van der Waals surface area contributed by atoms with E-state index >= 15 is 0 Å². The Morgan fingerprint density at radius 1 is 1.09 bits per heavy atom. The van der Waals surface area contributed by atoms with Crippen molar-refractivity contribution in [2.75, 3.05) is 42.1 Å². The molecule has 5 nitrogen and oxygen atoms in total. The summed E-state index contributed by atoms with van der Waals surface area (Å²) in [5.74, 6) is -0.950.